The summed E-state index contributed by atoms with van der Waals surface area (Å²) in [5.41, 5.74) is -1.16. The molecule has 0 aliphatic carbocycles. The van der Waals surface area contributed by atoms with Crippen LogP contribution in [0.15, 0.2) is 35.3 Å². The number of carbonyl (C=O) groups excluding carboxylic acids is 1. The molecule has 0 radical (unpaired) electrons. The summed E-state index contributed by atoms with van der Waals surface area (Å²) in [6.45, 7) is 4.53. The average Bonchev–Trinajstić information content (AvgIpc) is 3.15. The van der Waals surface area contributed by atoms with E-state index in [4.69, 9.17) is 0 Å². The minimum atomic E-state index is -0.798. The number of nitrogens with one attached hydrogen (secondary N) is 1. The molecular formula is C20H22FN7O3. The standard InChI is InChI=1S/C20H22FN7O3/c1-20(2)19-23-15(17(30)22-10-12-4-6-13(21)7-5-12)16(29)18(31)27(19)8-9-28(20)14-11-26(3)25-24-14/h4-7,11,29H,8-10H2,1-3H3,(H,22,30). The molecule has 162 valence electrons. The summed E-state index contributed by atoms with van der Waals surface area (Å²) in [7, 11) is 1.76. The Hall–Kier alpha value is -3.76. The Morgan fingerprint density at radius 1 is 1.26 bits per heavy atom. The SMILES string of the molecule is Cn1cc(N2CCn3c(nc(C(=O)NCc4ccc(F)cc4)c(O)c3=O)C2(C)C)nn1. The Morgan fingerprint density at radius 2 is 1.97 bits per heavy atom. The molecule has 3 heterocycles. The summed E-state index contributed by atoms with van der Waals surface area (Å²) >= 11 is 0. The van der Waals surface area contributed by atoms with Crippen molar-refractivity contribution in [3.05, 3.63) is 63.7 Å². The highest BCUT2D eigenvalue weighted by Crippen LogP contribution is 2.33. The van der Waals surface area contributed by atoms with Gasteiger partial charge in [0.15, 0.2) is 11.5 Å². The van der Waals surface area contributed by atoms with E-state index in [1.165, 1.54) is 28.8 Å². The quantitative estimate of drug-likeness (QED) is 0.635. The predicted molar refractivity (Wildman–Crippen MR) is 109 cm³/mol. The molecule has 2 aromatic heterocycles. The molecule has 10 nitrogen and oxygen atoms in total. The largest absolute Gasteiger partial charge is 0.501 e. The van der Waals surface area contributed by atoms with E-state index < -0.39 is 22.8 Å². The molecule has 0 spiro atoms. The first kappa shape index (κ1) is 20.5. The number of aromatic nitrogens is 5. The van der Waals surface area contributed by atoms with E-state index >= 15 is 0 Å². The minimum Gasteiger partial charge on any atom is -0.501 e. The van der Waals surface area contributed by atoms with Crippen LogP contribution in [0, 0.1) is 5.82 Å². The molecule has 4 rings (SSSR count). The highest BCUT2D eigenvalue weighted by molar-refractivity contribution is 5.94. The summed E-state index contributed by atoms with van der Waals surface area (Å²) in [6, 6.07) is 5.64. The molecule has 0 unspecified atom stereocenters. The molecule has 0 saturated heterocycles. The second-order valence-electron chi connectivity index (χ2n) is 7.86. The summed E-state index contributed by atoms with van der Waals surface area (Å²) in [6.07, 6.45) is 1.76. The smallest absolute Gasteiger partial charge is 0.296 e. The molecule has 3 aromatic rings. The van der Waals surface area contributed by atoms with Gasteiger partial charge in [0.2, 0.25) is 5.75 Å². The molecule has 1 amide bonds. The van der Waals surface area contributed by atoms with Gasteiger partial charge in [0.25, 0.3) is 11.5 Å². The van der Waals surface area contributed by atoms with Crippen LogP contribution in [0.4, 0.5) is 10.2 Å². The zero-order chi connectivity index (χ0) is 22.3. The van der Waals surface area contributed by atoms with Gasteiger partial charge in [-0.1, -0.05) is 17.3 Å². The van der Waals surface area contributed by atoms with Crippen LogP contribution in [0.3, 0.4) is 0 Å². The van der Waals surface area contributed by atoms with Gasteiger partial charge in [0.1, 0.15) is 11.6 Å². The average molecular weight is 427 g/mol. The third kappa shape index (κ3) is 3.62. The molecular weight excluding hydrogens is 405 g/mol. The van der Waals surface area contributed by atoms with Gasteiger partial charge >= 0.3 is 0 Å². The van der Waals surface area contributed by atoms with Crippen molar-refractivity contribution < 1.29 is 14.3 Å². The maximum atomic E-state index is 13.1. The van der Waals surface area contributed by atoms with Crippen molar-refractivity contribution >= 4 is 11.7 Å². The van der Waals surface area contributed by atoms with Gasteiger partial charge in [-0.2, -0.15) is 0 Å². The summed E-state index contributed by atoms with van der Waals surface area (Å²) in [5, 5.41) is 21.1. The van der Waals surface area contributed by atoms with Gasteiger partial charge < -0.3 is 15.3 Å². The molecule has 1 aromatic carbocycles. The zero-order valence-corrected chi connectivity index (χ0v) is 17.3. The monoisotopic (exact) mass is 427 g/mol. The number of hydrogen-bond acceptors (Lipinski definition) is 7. The third-order valence-corrected chi connectivity index (χ3v) is 5.36. The van der Waals surface area contributed by atoms with Crippen LogP contribution < -0.4 is 15.8 Å². The fourth-order valence-electron chi connectivity index (χ4n) is 3.71. The molecule has 1 aliphatic heterocycles. The second kappa shape index (κ2) is 7.49. The number of halogens is 1. The Bertz CT molecular complexity index is 1200. The lowest BCUT2D eigenvalue weighted by molar-refractivity contribution is 0.0941. The maximum Gasteiger partial charge on any atom is 0.296 e. The van der Waals surface area contributed by atoms with Crippen LogP contribution in [0.1, 0.15) is 35.7 Å². The number of aryl methyl sites for hydroxylation is 1. The zero-order valence-electron chi connectivity index (χ0n) is 17.3. The fraction of sp³-hybridized carbons (Fsp3) is 0.350. The van der Waals surface area contributed by atoms with Gasteiger partial charge in [-0.3, -0.25) is 18.8 Å². The van der Waals surface area contributed by atoms with Crippen molar-refractivity contribution in [1.82, 2.24) is 29.9 Å². The van der Waals surface area contributed by atoms with Gasteiger partial charge in [0, 0.05) is 26.7 Å². The number of anilines is 1. The summed E-state index contributed by atoms with van der Waals surface area (Å²) < 4.78 is 16.0. The molecule has 0 atom stereocenters. The van der Waals surface area contributed by atoms with E-state index in [0.29, 0.717) is 23.8 Å². The first-order valence-corrected chi connectivity index (χ1v) is 9.69. The van der Waals surface area contributed by atoms with Gasteiger partial charge in [-0.15, -0.1) is 5.10 Å². The second-order valence-corrected chi connectivity index (χ2v) is 7.86. The Kier molecular flexibility index (Phi) is 4.96. The van der Waals surface area contributed by atoms with Crippen LogP contribution in [-0.4, -0.2) is 42.1 Å². The van der Waals surface area contributed by atoms with Crippen molar-refractivity contribution in [2.24, 2.45) is 7.05 Å². The Balaban J connectivity index is 1.67. The number of aromatic hydroxyl groups is 1. The Labute approximate surface area is 176 Å². The maximum absolute atomic E-state index is 13.1. The molecule has 1 aliphatic rings. The van der Waals surface area contributed by atoms with Crippen molar-refractivity contribution in [2.75, 3.05) is 11.4 Å². The fourth-order valence-corrected chi connectivity index (χ4v) is 3.71. The lowest BCUT2D eigenvalue weighted by Crippen LogP contribution is -2.53. The van der Waals surface area contributed by atoms with Crippen LogP contribution >= 0.6 is 0 Å². The van der Waals surface area contributed by atoms with E-state index in [0.717, 1.165) is 0 Å². The predicted octanol–water partition coefficient (Wildman–Crippen LogP) is 0.902. The summed E-state index contributed by atoms with van der Waals surface area (Å²) in [5.74, 6) is -0.839. The van der Waals surface area contributed by atoms with E-state index in [1.807, 2.05) is 18.7 Å². The van der Waals surface area contributed by atoms with Crippen LogP contribution in [-0.2, 0) is 25.7 Å². The van der Waals surface area contributed by atoms with Crippen molar-refractivity contribution in [3.8, 4) is 5.75 Å². The molecule has 31 heavy (non-hydrogen) atoms. The molecule has 0 saturated carbocycles. The van der Waals surface area contributed by atoms with E-state index in [-0.39, 0.29) is 24.6 Å². The number of rotatable bonds is 4. The highest BCUT2D eigenvalue weighted by Gasteiger charge is 2.40. The Morgan fingerprint density at radius 3 is 2.61 bits per heavy atom. The van der Waals surface area contributed by atoms with Crippen LogP contribution in [0.2, 0.25) is 0 Å². The highest BCUT2D eigenvalue weighted by atomic mass is 19.1. The normalized spacial score (nSPS) is 14.9. The third-order valence-electron chi connectivity index (χ3n) is 5.36. The number of nitrogens with zero attached hydrogens (tertiary/aromatic N) is 6. The van der Waals surface area contributed by atoms with Crippen molar-refractivity contribution in [1.29, 1.82) is 0 Å². The number of benzene rings is 1. The lowest BCUT2D eigenvalue weighted by atomic mass is 9.98. The number of amides is 1. The molecule has 0 fully saturated rings. The lowest BCUT2D eigenvalue weighted by Gasteiger charge is -2.43. The first-order chi connectivity index (χ1) is 14.7. The van der Waals surface area contributed by atoms with E-state index in [2.05, 4.69) is 20.6 Å². The van der Waals surface area contributed by atoms with Gasteiger partial charge in [0.05, 0.1) is 11.7 Å². The van der Waals surface area contributed by atoms with Gasteiger partial charge in [-0.05, 0) is 31.5 Å². The number of carbonyl (C=O) groups is 1. The van der Waals surface area contributed by atoms with Crippen molar-refractivity contribution in [3.63, 3.8) is 0 Å². The van der Waals surface area contributed by atoms with Crippen molar-refractivity contribution in [2.45, 2.75) is 32.5 Å². The topological polar surface area (TPSA) is 118 Å². The number of hydrogen-bond donors (Lipinski definition) is 2. The first-order valence-electron chi connectivity index (χ1n) is 9.69. The minimum absolute atomic E-state index is 0.0910. The molecule has 0 bridgehead atoms. The molecule has 11 heteroatoms. The van der Waals surface area contributed by atoms with Gasteiger partial charge in [-0.25, -0.2) is 9.37 Å². The number of fused-ring (bicyclic) bond motifs is 1. The van der Waals surface area contributed by atoms with E-state index in [9.17, 15) is 19.1 Å². The molecule has 2 N–H and O–H groups in total. The van der Waals surface area contributed by atoms with Crippen LogP contribution in [0.5, 0.6) is 5.75 Å². The van der Waals surface area contributed by atoms with Crippen LogP contribution in [0.25, 0.3) is 0 Å². The van der Waals surface area contributed by atoms with E-state index in [1.54, 1.807) is 17.9 Å². The summed E-state index contributed by atoms with van der Waals surface area (Å²) in [4.78, 5) is 31.8.